The normalized spacial score (nSPS) is 13.4. The molecule has 0 aromatic rings. The lowest BCUT2D eigenvalue weighted by atomic mass is 10.3. The Bertz CT molecular complexity index is 132. The summed E-state index contributed by atoms with van der Waals surface area (Å²) in [6, 6.07) is 0.405. The quantitative estimate of drug-likeness (QED) is 0.544. The molecule has 0 aromatic carbocycles. The maximum absolute atomic E-state index is 5.45. The summed E-state index contributed by atoms with van der Waals surface area (Å²) in [5, 5.41) is 3.34. The molecule has 0 saturated carbocycles. The van der Waals surface area contributed by atoms with Crippen LogP contribution in [0.3, 0.4) is 0 Å². The molecule has 0 aliphatic heterocycles. The number of hydrogen-bond acceptors (Lipinski definition) is 4. The monoisotopic (exact) mass is 218 g/mol. The Morgan fingerprint density at radius 3 is 2.53 bits per heavy atom. The van der Waals surface area contributed by atoms with Crippen LogP contribution in [0.25, 0.3) is 0 Å². The van der Waals surface area contributed by atoms with Crippen LogP contribution in [0.4, 0.5) is 0 Å². The molecule has 0 aliphatic carbocycles. The smallest absolute Gasteiger partial charge is 0.0616 e. The summed E-state index contributed by atoms with van der Waals surface area (Å²) in [4.78, 5) is 2.12. The highest BCUT2D eigenvalue weighted by atomic mass is 16.5. The summed E-state index contributed by atoms with van der Waals surface area (Å²) >= 11 is 0. The lowest BCUT2D eigenvalue weighted by Crippen LogP contribution is -2.33. The second-order valence-corrected chi connectivity index (χ2v) is 3.93. The van der Waals surface area contributed by atoms with Gasteiger partial charge in [0.25, 0.3) is 0 Å². The van der Waals surface area contributed by atoms with E-state index in [1.807, 2.05) is 21.0 Å². The molecule has 0 fully saturated rings. The van der Waals surface area contributed by atoms with E-state index in [0.717, 1.165) is 39.5 Å². The first-order chi connectivity index (χ1) is 7.16. The van der Waals surface area contributed by atoms with Crippen LogP contribution < -0.4 is 5.32 Å². The molecule has 1 unspecified atom stereocenters. The van der Waals surface area contributed by atoms with E-state index in [0.29, 0.717) is 6.04 Å². The van der Waals surface area contributed by atoms with Gasteiger partial charge in [0.2, 0.25) is 0 Å². The third-order valence-electron chi connectivity index (χ3n) is 1.99. The van der Waals surface area contributed by atoms with Gasteiger partial charge in [-0.15, -0.1) is 0 Å². The maximum Gasteiger partial charge on any atom is 0.0616 e. The molecule has 4 nitrogen and oxygen atoms in total. The molecular formula is C11H26N2O2. The van der Waals surface area contributed by atoms with Gasteiger partial charge in [0.1, 0.15) is 0 Å². The lowest BCUT2D eigenvalue weighted by molar-refractivity contribution is 0.104. The van der Waals surface area contributed by atoms with Gasteiger partial charge in [-0.2, -0.15) is 0 Å². The van der Waals surface area contributed by atoms with Crippen LogP contribution in [-0.2, 0) is 9.47 Å². The minimum Gasteiger partial charge on any atom is -0.380 e. The minimum absolute atomic E-state index is 0.405. The number of hydrogen-bond donors (Lipinski definition) is 1. The fourth-order valence-electron chi connectivity index (χ4n) is 1.08. The highest BCUT2D eigenvalue weighted by molar-refractivity contribution is 4.58. The third kappa shape index (κ3) is 11.8. The highest BCUT2D eigenvalue weighted by Gasteiger charge is 1.99. The first-order valence-corrected chi connectivity index (χ1v) is 5.70. The van der Waals surface area contributed by atoms with Crippen LogP contribution in [0.5, 0.6) is 0 Å². The molecule has 0 saturated heterocycles. The van der Waals surface area contributed by atoms with E-state index in [2.05, 4.69) is 17.1 Å². The number of likely N-dealkylation sites (N-methyl/N-ethyl adjacent to an activating group) is 1. The predicted molar refractivity (Wildman–Crippen MR) is 63.3 cm³/mol. The molecule has 1 atom stereocenters. The van der Waals surface area contributed by atoms with Crippen LogP contribution in [0.2, 0.25) is 0 Å². The average molecular weight is 218 g/mol. The van der Waals surface area contributed by atoms with Crippen molar-refractivity contribution in [1.82, 2.24) is 10.2 Å². The second-order valence-electron chi connectivity index (χ2n) is 3.93. The van der Waals surface area contributed by atoms with Crippen molar-refractivity contribution in [2.24, 2.45) is 0 Å². The van der Waals surface area contributed by atoms with Gasteiger partial charge in [-0.1, -0.05) is 0 Å². The SMILES string of the molecule is CCOCC(C)NCCOCCN(C)C. The molecule has 0 aromatic heterocycles. The van der Waals surface area contributed by atoms with Crippen molar-refractivity contribution < 1.29 is 9.47 Å². The van der Waals surface area contributed by atoms with Crippen LogP contribution in [0.1, 0.15) is 13.8 Å². The van der Waals surface area contributed by atoms with E-state index in [4.69, 9.17) is 9.47 Å². The van der Waals surface area contributed by atoms with E-state index in [-0.39, 0.29) is 0 Å². The molecule has 0 amide bonds. The molecule has 0 radical (unpaired) electrons. The number of nitrogens with zero attached hydrogens (tertiary/aromatic N) is 1. The van der Waals surface area contributed by atoms with Crippen LogP contribution in [-0.4, -0.2) is 64.6 Å². The summed E-state index contributed by atoms with van der Waals surface area (Å²) < 4.78 is 10.7. The zero-order valence-corrected chi connectivity index (χ0v) is 10.6. The first kappa shape index (κ1) is 14.8. The molecule has 0 aliphatic rings. The molecule has 0 rings (SSSR count). The van der Waals surface area contributed by atoms with Crippen molar-refractivity contribution in [3.8, 4) is 0 Å². The molecule has 15 heavy (non-hydrogen) atoms. The molecule has 1 N–H and O–H groups in total. The Balaban J connectivity index is 3.09. The Hall–Kier alpha value is -0.160. The van der Waals surface area contributed by atoms with Crippen LogP contribution in [0.15, 0.2) is 0 Å². The molecule has 0 heterocycles. The highest BCUT2D eigenvalue weighted by Crippen LogP contribution is 1.84. The second kappa shape index (κ2) is 10.4. The summed E-state index contributed by atoms with van der Waals surface area (Å²) in [6.45, 7) is 9.13. The topological polar surface area (TPSA) is 33.7 Å². The van der Waals surface area contributed by atoms with Gasteiger partial charge in [-0.05, 0) is 27.9 Å². The van der Waals surface area contributed by atoms with Crippen molar-refractivity contribution in [2.45, 2.75) is 19.9 Å². The van der Waals surface area contributed by atoms with Crippen molar-refractivity contribution >= 4 is 0 Å². The summed E-state index contributed by atoms with van der Waals surface area (Å²) in [5.41, 5.74) is 0. The van der Waals surface area contributed by atoms with Gasteiger partial charge in [0.15, 0.2) is 0 Å². The molecule has 0 bridgehead atoms. The third-order valence-corrected chi connectivity index (χ3v) is 1.99. The van der Waals surface area contributed by atoms with Gasteiger partial charge in [-0.3, -0.25) is 0 Å². The Morgan fingerprint density at radius 2 is 1.93 bits per heavy atom. The largest absolute Gasteiger partial charge is 0.380 e. The lowest BCUT2D eigenvalue weighted by Gasteiger charge is -2.14. The molecule has 4 heteroatoms. The number of nitrogens with one attached hydrogen (secondary N) is 1. The number of ether oxygens (including phenoxy) is 2. The Labute approximate surface area is 93.9 Å². The van der Waals surface area contributed by atoms with E-state index < -0.39 is 0 Å². The Morgan fingerprint density at radius 1 is 1.20 bits per heavy atom. The van der Waals surface area contributed by atoms with E-state index in [9.17, 15) is 0 Å². The summed E-state index contributed by atoms with van der Waals surface area (Å²) in [5.74, 6) is 0. The van der Waals surface area contributed by atoms with E-state index in [1.165, 1.54) is 0 Å². The fraction of sp³-hybridized carbons (Fsp3) is 1.00. The zero-order chi connectivity index (χ0) is 11.5. The van der Waals surface area contributed by atoms with E-state index >= 15 is 0 Å². The van der Waals surface area contributed by atoms with E-state index in [1.54, 1.807) is 0 Å². The Kier molecular flexibility index (Phi) is 10.3. The predicted octanol–water partition coefficient (Wildman–Crippen LogP) is 0.579. The van der Waals surface area contributed by atoms with Crippen LogP contribution in [0, 0.1) is 0 Å². The van der Waals surface area contributed by atoms with Gasteiger partial charge in [0, 0.05) is 25.7 Å². The average Bonchev–Trinajstić information content (AvgIpc) is 2.19. The molecular weight excluding hydrogens is 192 g/mol. The van der Waals surface area contributed by atoms with Crippen LogP contribution >= 0.6 is 0 Å². The van der Waals surface area contributed by atoms with Crippen molar-refractivity contribution in [1.29, 1.82) is 0 Å². The minimum atomic E-state index is 0.405. The summed E-state index contributed by atoms with van der Waals surface area (Å²) in [6.07, 6.45) is 0. The van der Waals surface area contributed by atoms with Crippen molar-refractivity contribution in [3.05, 3.63) is 0 Å². The zero-order valence-electron chi connectivity index (χ0n) is 10.6. The maximum atomic E-state index is 5.45. The van der Waals surface area contributed by atoms with Gasteiger partial charge in [0.05, 0.1) is 19.8 Å². The van der Waals surface area contributed by atoms with Crippen molar-refractivity contribution in [3.63, 3.8) is 0 Å². The first-order valence-electron chi connectivity index (χ1n) is 5.70. The number of rotatable bonds is 10. The van der Waals surface area contributed by atoms with Gasteiger partial charge in [-0.25, -0.2) is 0 Å². The molecule has 0 spiro atoms. The van der Waals surface area contributed by atoms with Gasteiger partial charge < -0.3 is 19.7 Å². The fourth-order valence-corrected chi connectivity index (χ4v) is 1.08. The standard InChI is InChI=1S/C11H26N2O2/c1-5-14-10-11(2)12-6-8-15-9-7-13(3)4/h11-12H,5-10H2,1-4H3. The van der Waals surface area contributed by atoms with Crippen molar-refractivity contribution in [2.75, 3.05) is 53.6 Å². The summed E-state index contributed by atoms with van der Waals surface area (Å²) in [7, 11) is 4.09. The van der Waals surface area contributed by atoms with Gasteiger partial charge >= 0.3 is 0 Å². The molecule has 92 valence electrons.